The number of rotatable bonds is 7. The van der Waals surface area contributed by atoms with Gasteiger partial charge in [0.1, 0.15) is 54.9 Å². The van der Waals surface area contributed by atoms with Crippen molar-refractivity contribution in [1.29, 1.82) is 0 Å². The summed E-state index contributed by atoms with van der Waals surface area (Å²) >= 11 is 0. The van der Waals surface area contributed by atoms with E-state index in [2.05, 4.69) is 4.74 Å². The standard InChI is InChI=1S/C18H26O19/c19-1-2(20)10(13(26)27)36-17(6(1)24)35-9-4(22)7(25)18(37-12(9)15(30)31)34-8-3(21)5(23)16(32)33-11(8)14(28)29/h1-12,16-25,32H,(H,26,27)(H,28,29)(H,30,31)/t1-,2+,3+,4?,5?,6?,7-,8+,9-,10?,11?,12?,16-,17-,18+/m1/s1. The first-order chi connectivity index (χ1) is 17.2. The molecule has 0 aromatic heterocycles. The topological polar surface area (TPSA) is 320 Å². The molecule has 3 rings (SSSR count). The molecular weight excluding hydrogens is 520 g/mol. The normalized spacial score (nSPS) is 48.8. The second-order valence-corrected chi connectivity index (χ2v) is 8.45. The first-order valence-electron chi connectivity index (χ1n) is 10.6. The van der Waals surface area contributed by atoms with Gasteiger partial charge in [0.05, 0.1) is 0 Å². The number of carbonyl (C=O) groups is 3. The van der Waals surface area contributed by atoms with E-state index in [0.29, 0.717) is 0 Å². The van der Waals surface area contributed by atoms with Gasteiger partial charge in [-0.05, 0) is 0 Å². The minimum Gasteiger partial charge on any atom is -0.479 e. The van der Waals surface area contributed by atoms with Gasteiger partial charge in [0, 0.05) is 0 Å². The van der Waals surface area contributed by atoms with Gasteiger partial charge < -0.3 is 79.9 Å². The van der Waals surface area contributed by atoms with Crippen LogP contribution >= 0.6 is 0 Å². The summed E-state index contributed by atoms with van der Waals surface area (Å²) in [6.45, 7) is 0. The van der Waals surface area contributed by atoms with Crippen molar-refractivity contribution in [3.8, 4) is 0 Å². The fourth-order valence-electron chi connectivity index (χ4n) is 3.98. The van der Waals surface area contributed by atoms with E-state index in [0.717, 1.165) is 0 Å². The number of aliphatic carboxylic acids is 3. The van der Waals surface area contributed by atoms with Crippen molar-refractivity contribution in [3.05, 3.63) is 0 Å². The van der Waals surface area contributed by atoms with Gasteiger partial charge in [-0.25, -0.2) is 14.4 Å². The molecule has 3 fully saturated rings. The predicted octanol–water partition coefficient (Wildman–Crippen LogP) is -7.30. The molecule has 0 aromatic rings. The third kappa shape index (κ3) is 5.68. The van der Waals surface area contributed by atoms with E-state index in [1.54, 1.807) is 0 Å². The van der Waals surface area contributed by atoms with E-state index in [4.69, 9.17) is 24.1 Å². The molecule has 3 saturated heterocycles. The second kappa shape index (κ2) is 11.3. The van der Waals surface area contributed by atoms with Crippen LogP contribution in [0.1, 0.15) is 0 Å². The Balaban J connectivity index is 1.81. The van der Waals surface area contributed by atoms with Crippen molar-refractivity contribution >= 4 is 17.9 Å². The van der Waals surface area contributed by atoms with Gasteiger partial charge >= 0.3 is 17.9 Å². The quantitative estimate of drug-likeness (QED) is 0.141. The van der Waals surface area contributed by atoms with E-state index in [9.17, 15) is 65.4 Å². The zero-order valence-corrected chi connectivity index (χ0v) is 18.3. The molecule has 11 N–H and O–H groups in total. The summed E-state index contributed by atoms with van der Waals surface area (Å²) in [5, 5.41) is 108. The summed E-state index contributed by atoms with van der Waals surface area (Å²) < 4.78 is 24.8. The molecule has 3 aliphatic rings. The molecule has 0 aromatic carbocycles. The number of hydrogen-bond acceptors (Lipinski definition) is 16. The lowest BCUT2D eigenvalue weighted by Gasteiger charge is -2.46. The Bertz CT molecular complexity index is 853. The average molecular weight is 546 g/mol. The molecule has 15 atom stereocenters. The van der Waals surface area contributed by atoms with Gasteiger partial charge in [-0.15, -0.1) is 0 Å². The van der Waals surface area contributed by atoms with Gasteiger partial charge in [-0.2, -0.15) is 0 Å². The maximum absolute atomic E-state index is 11.8. The minimum atomic E-state index is -2.29. The van der Waals surface area contributed by atoms with E-state index < -0.39 is 110 Å². The number of aliphatic hydroxyl groups is 8. The molecule has 3 heterocycles. The Morgan fingerprint density at radius 2 is 0.838 bits per heavy atom. The fourth-order valence-corrected chi connectivity index (χ4v) is 3.98. The number of hydrogen-bond donors (Lipinski definition) is 11. The van der Waals surface area contributed by atoms with Gasteiger partial charge in [-0.1, -0.05) is 0 Å². The number of carboxylic acids is 3. The second-order valence-electron chi connectivity index (χ2n) is 8.45. The average Bonchev–Trinajstić information content (AvgIpc) is 2.82. The van der Waals surface area contributed by atoms with Gasteiger partial charge in [0.25, 0.3) is 0 Å². The fraction of sp³-hybridized carbons (Fsp3) is 0.833. The van der Waals surface area contributed by atoms with Crippen LogP contribution in [0.5, 0.6) is 0 Å². The Hall–Kier alpha value is -2.11. The molecule has 6 unspecified atom stereocenters. The van der Waals surface area contributed by atoms with Gasteiger partial charge in [0.2, 0.25) is 0 Å². The van der Waals surface area contributed by atoms with Crippen molar-refractivity contribution in [2.75, 3.05) is 0 Å². The monoisotopic (exact) mass is 546 g/mol. The molecule has 0 aliphatic carbocycles. The van der Waals surface area contributed by atoms with Crippen LogP contribution in [0.2, 0.25) is 0 Å². The Morgan fingerprint density at radius 1 is 0.459 bits per heavy atom. The zero-order chi connectivity index (χ0) is 27.9. The van der Waals surface area contributed by atoms with E-state index >= 15 is 0 Å². The Morgan fingerprint density at radius 3 is 1.30 bits per heavy atom. The Labute approximate surface area is 205 Å². The van der Waals surface area contributed by atoms with Crippen LogP contribution in [-0.2, 0) is 38.1 Å². The number of aliphatic hydroxyl groups excluding tert-OH is 8. The highest BCUT2D eigenvalue weighted by Gasteiger charge is 2.56. The Kier molecular flexibility index (Phi) is 9.01. The summed E-state index contributed by atoms with van der Waals surface area (Å²) in [5.74, 6) is -5.46. The van der Waals surface area contributed by atoms with Crippen LogP contribution in [0, 0.1) is 0 Å². The van der Waals surface area contributed by atoms with Crippen LogP contribution in [0.25, 0.3) is 0 Å². The highest BCUT2D eigenvalue weighted by Crippen LogP contribution is 2.32. The molecule has 0 bridgehead atoms. The molecule has 19 nitrogen and oxygen atoms in total. The SMILES string of the molecule is O=C(O)C1O[C@H](O[C@@H]2C(C(=O)O)O[C@@H](O)C(O)[C@@H]2O)[C@H](O)C(O)[C@H]1O[C@@H]1OC(C(=O)O)[C@@H](O)[C@@H](O)C1O. The predicted molar refractivity (Wildman–Crippen MR) is 103 cm³/mol. The molecule has 0 radical (unpaired) electrons. The summed E-state index contributed by atoms with van der Waals surface area (Å²) in [7, 11) is 0. The largest absolute Gasteiger partial charge is 0.479 e. The van der Waals surface area contributed by atoms with Crippen molar-refractivity contribution in [2.24, 2.45) is 0 Å². The van der Waals surface area contributed by atoms with E-state index in [-0.39, 0.29) is 0 Å². The minimum absolute atomic E-state index is 1.79. The van der Waals surface area contributed by atoms with Crippen molar-refractivity contribution in [2.45, 2.75) is 92.1 Å². The molecule has 19 heteroatoms. The van der Waals surface area contributed by atoms with Crippen LogP contribution < -0.4 is 0 Å². The highest BCUT2D eigenvalue weighted by atomic mass is 16.8. The van der Waals surface area contributed by atoms with Crippen LogP contribution in [0.3, 0.4) is 0 Å². The van der Waals surface area contributed by atoms with Crippen molar-refractivity contribution in [1.82, 2.24) is 0 Å². The number of carboxylic acid groups (broad SMARTS) is 3. The summed E-state index contributed by atoms with van der Waals surface area (Å²) in [4.78, 5) is 34.5. The van der Waals surface area contributed by atoms with Crippen LogP contribution in [-0.4, -0.2) is 166 Å². The first kappa shape index (κ1) is 29.4. The smallest absolute Gasteiger partial charge is 0.335 e. The highest BCUT2D eigenvalue weighted by molar-refractivity contribution is 5.74. The van der Waals surface area contributed by atoms with Crippen molar-refractivity contribution in [3.63, 3.8) is 0 Å². The maximum Gasteiger partial charge on any atom is 0.335 e. The molecule has 212 valence electrons. The van der Waals surface area contributed by atoms with Crippen LogP contribution in [0.4, 0.5) is 0 Å². The lowest BCUT2D eigenvalue weighted by Crippen LogP contribution is -2.67. The molecule has 37 heavy (non-hydrogen) atoms. The third-order valence-electron chi connectivity index (χ3n) is 5.99. The molecule has 0 saturated carbocycles. The third-order valence-corrected chi connectivity index (χ3v) is 5.99. The lowest BCUT2D eigenvalue weighted by atomic mass is 9.95. The van der Waals surface area contributed by atoms with Gasteiger partial charge in [0.15, 0.2) is 37.2 Å². The first-order valence-corrected chi connectivity index (χ1v) is 10.6. The molecule has 0 amide bonds. The zero-order valence-electron chi connectivity index (χ0n) is 18.3. The van der Waals surface area contributed by atoms with E-state index in [1.807, 2.05) is 0 Å². The summed E-state index contributed by atoms with van der Waals surface area (Å²) in [5.41, 5.74) is 0. The number of ether oxygens (including phenoxy) is 5. The summed E-state index contributed by atoms with van der Waals surface area (Å²) in [6.07, 6.45) is -32.5. The molecule has 0 spiro atoms. The van der Waals surface area contributed by atoms with Gasteiger partial charge in [-0.3, -0.25) is 0 Å². The van der Waals surface area contributed by atoms with E-state index in [1.165, 1.54) is 0 Å². The maximum atomic E-state index is 11.8. The lowest BCUT2D eigenvalue weighted by molar-refractivity contribution is -0.368. The van der Waals surface area contributed by atoms with Crippen LogP contribution in [0.15, 0.2) is 0 Å². The molecule has 3 aliphatic heterocycles. The van der Waals surface area contributed by atoms with Crippen molar-refractivity contribution < 1.29 is 94.2 Å². The summed E-state index contributed by atoms with van der Waals surface area (Å²) in [6, 6.07) is 0. The molecular formula is C18H26O19.